The van der Waals surface area contributed by atoms with E-state index >= 15 is 0 Å². The maximum absolute atomic E-state index is 8.62. The molecule has 0 amide bonds. The van der Waals surface area contributed by atoms with Crippen LogP contribution in [0.2, 0.25) is 0 Å². The van der Waals surface area contributed by atoms with E-state index < -0.39 is 0 Å². The lowest BCUT2D eigenvalue weighted by atomic mass is 9.85. The fourth-order valence-corrected chi connectivity index (χ4v) is 2.48. The molecule has 0 atom stereocenters. The zero-order chi connectivity index (χ0) is 14.0. The van der Waals surface area contributed by atoms with E-state index in [1.54, 1.807) is 0 Å². The third-order valence-corrected chi connectivity index (χ3v) is 3.77. The van der Waals surface area contributed by atoms with Crippen molar-refractivity contribution in [2.24, 2.45) is 0 Å². The summed E-state index contributed by atoms with van der Waals surface area (Å²) in [5.41, 5.74) is -0.276. The molecule has 0 heterocycles. The normalized spacial score (nSPS) is 17.6. The fourth-order valence-electron chi connectivity index (χ4n) is 2.48. The van der Waals surface area contributed by atoms with Crippen molar-refractivity contribution in [2.75, 3.05) is 26.2 Å². The highest BCUT2D eigenvalue weighted by atomic mass is 16.5. The summed E-state index contributed by atoms with van der Waals surface area (Å²) in [6, 6.07) is 2.14. The molecule has 1 saturated carbocycles. The Kier molecular flexibility index (Phi) is 7.56. The highest BCUT2D eigenvalue weighted by Gasteiger charge is 2.30. The maximum Gasteiger partial charge on any atom is 0.128 e. The largest absolute Gasteiger partial charge is 0.361 e. The van der Waals surface area contributed by atoms with Gasteiger partial charge in [0.1, 0.15) is 5.60 Å². The van der Waals surface area contributed by atoms with E-state index in [9.17, 15) is 0 Å². The van der Waals surface area contributed by atoms with Crippen LogP contribution in [0.1, 0.15) is 52.4 Å². The molecular formula is C16H26N2O. The Morgan fingerprint density at radius 2 is 1.84 bits per heavy atom. The predicted molar refractivity (Wildman–Crippen MR) is 77.6 cm³/mol. The molecule has 0 bridgehead atoms. The molecule has 19 heavy (non-hydrogen) atoms. The highest BCUT2D eigenvalue weighted by Crippen LogP contribution is 2.31. The number of hydrogen-bond donors (Lipinski definition) is 0. The Morgan fingerprint density at radius 3 is 2.42 bits per heavy atom. The topological polar surface area (TPSA) is 36.3 Å². The van der Waals surface area contributed by atoms with Gasteiger partial charge < -0.3 is 4.74 Å². The van der Waals surface area contributed by atoms with E-state index in [0.29, 0.717) is 13.0 Å². The lowest BCUT2D eigenvalue weighted by Gasteiger charge is -2.32. The molecule has 0 aromatic rings. The Morgan fingerprint density at radius 1 is 1.16 bits per heavy atom. The van der Waals surface area contributed by atoms with Crippen LogP contribution >= 0.6 is 0 Å². The van der Waals surface area contributed by atoms with Gasteiger partial charge in [-0.1, -0.05) is 32.1 Å². The van der Waals surface area contributed by atoms with Gasteiger partial charge in [-0.15, -0.1) is 0 Å². The SMILES string of the molecule is CCN(CC)CC#CC1(OCCC#N)CCCCC1. The van der Waals surface area contributed by atoms with Crippen LogP contribution in [0.3, 0.4) is 0 Å². The van der Waals surface area contributed by atoms with Crippen molar-refractivity contribution in [3.05, 3.63) is 0 Å². The number of nitriles is 1. The first-order valence-corrected chi connectivity index (χ1v) is 7.49. The van der Waals surface area contributed by atoms with Crippen LogP contribution < -0.4 is 0 Å². The number of rotatable bonds is 6. The van der Waals surface area contributed by atoms with Crippen molar-refractivity contribution in [2.45, 2.75) is 58.0 Å². The van der Waals surface area contributed by atoms with Crippen molar-refractivity contribution in [1.82, 2.24) is 4.90 Å². The Labute approximate surface area is 117 Å². The van der Waals surface area contributed by atoms with Crippen molar-refractivity contribution < 1.29 is 4.74 Å². The second-order valence-electron chi connectivity index (χ2n) is 5.07. The molecule has 0 aromatic carbocycles. The number of hydrogen-bond acceptors (Lipinski definition) is 3. The Bertz CT molecular complexity index is 338. The third-order valence-electron chi connectivity index (χ3n) is 3.77. The molecule has 0 radical (unpaired) electrons. The van der Waals surface area contributed by atoms with Gasteiger partial charge in [-0.3, -0.25) is 4.90 Å². The molecule has 1 rings (SSSR count). The van der Waals surface area contributed by atoms with Crippen molar-refractivity contribution in [3.8, 4) is 17.9 Å². The van der Waals surface area contributed by atoms with E-state index in [-0.39, 0.29) is 5.60 Å². The standard InChI is InChI=1S/C16H26N2O/c1-3-18(4-2)14-8-12-16(19-15-9-13-17)10-6-5-7-11-16/h3-7,9-11,14-15H2,1-2H3. The minimum Gasteiger partial charge on any atom is -0.361 e. The zero-order valence-corrected chi connectivity index (χ0v) is 12.4. The summed E-state index contributed by atoms with van der Waals surface area (Å²) in [7, 11) is 0. The highest BCUT2D eigenvalue weighted by molar-refractivity contribution is 5.16. The predicted octanol–water partition coefficient (Wildman–Crippen LogP) is 2.96. The van der Waals surface area contributed by atoms with Gasteiger partial charge in [-0.05, 0) is 38.8 Å². The van der Waals surface area contributed by atoms with Crippen LogP contribution in [-0.4, -0.2) is 36.7 Å². The smallest absolute Gasteiger partial charge is 0.128 e. The van der Waals surface area contributed by atoms with Crippen LogP contribution in [0.15, 0.2) is 0 Å². The van der Waals surface area contributed by atoms with Gasteiger partial charge in [0.05, 0.1) is 25.6 Å². The first-order valence-electron chi connectivity index (χ1n) is 7.49. The molecule has 1 aliphatic rings. The van der Waals surface area contributed by atoms with Crippen LogP contribution in [0.5, 0.6) is 0 Å². The molecule has 0 spiro atoms. The van der Waals surface area contributed by atoms with Gasteiger partial charge in [0, 0.05) is 0 Å². The quantitative estimate of drug-likeness (QED) is 0.545. The Hall–Kier alpha value is -1.03. The number of nitrogens with zero attached hydrogens (tertiary/aromatic N) is 2. The molecule has 3 nitrogen and oxygen atoms in total. The average Bonchev–Trinajstić information content (AvgIpc) is 2.45. The third kappa shape index (κ3) is 5.64. The van der Waals surface area contributed by atoms with Gasteiger partial charge in [0.25, 0.3) is 0 Å². The van der Waals surface area contributed by atoms with E-state index in [0.717, 1.165) is 32.5 Å². The molecule has 0 aromatic heterocycles. The molecule has 0 saturated heterocycles. The summed E-state index contributed by atoms with van der Waals surface area (Å²) in [5.74, 6) is 6.66. The number of ether oxygens (including phenoxy) is 1. The van der Waals surface area contributed by atoms with Crippen LogP contribution in [0, 0.1) is 23.2 Å². The van der Waals surface area contributed by atoms with Gasteiger partial charge in [0.2, 0.25) is 0 Å². The van der Waals surface area contributed by atoms with E-state index in [1.807, 2.05) is 0 Å². The minimum absolute atomic E-state index is 0.276. The van der Waals surface area contributed by atoms with Crippen LogP contribution in [0.25, 0.3) is 0 Å². The van der Waals surface area contributed by atoms with Gasteiger partial charge in [0.15, 0.2) is 0 Å². The van der Waals surface area contributed by atoms with E-state index in [2.05, 4.69) is 36.7 Å². The first-order chi connectivity index (χ1) is 9.26. The molecular weight excluding hydrogens is 236 g/mol. The molecule has 0 aliphatic heterocycles. The van der Waals surface area contributed by atoms with Gasteiger partial charge in [-0.2, -0.15) is 5.26 Å². The lowest BCUT2D eigenvalue weighted by molar-refractivity contribution is -0.0233. The van der Waals surface area contributed by atoms with E-state index in [4.69, 9.17) is 10.00 Å². The van der Waals surface area contributed by atoms with Gasteiger partial charge in [-0.25, -0.2) is 0 Å². The monoisotopic (exact) mass is 262 g/mol. The molecule has 1 aliphatic carbocycles. The summed E-state index contributed by atoms with van der Waals surface area (Å²) >= 11 is 0. The van der Waals surface area contributed by atoms with Crippen molar-refractivity contribution in [3.63, 3.8) is 0 Å². The summed E-state index contributed by atoms with van der Waals surface area (Å²) in [5, 5.41) is 8.62. The zero-order valence-electron chi connectivity index (χ0n) is 12.4. The molecule has 0 unspecified atom stereocenters. The van der Waals surface area contributed by atoms with Crippen LogP contribution in [0.4, 0.5) is 0 Å². The van der Waals surface area contributed by atoms with Gasteiger partial charge >= 0.3 is 0 Å². The first kappa shape index (κ1) is 16.0. The maximum atomic E-state index is 8.62. The summed E-state index contributed by atoms with van der Waals surface area (Å²) in [6.07, 6.45) is 6.15. The summed E-state index contributed by atoms with van der Waals surface area (Å²) in [6.45, 7) is 7.71. The fraction of sp³-hybridized carbons (Fsp3) is 0.812. The Balaban J connectivity index is 2.58. The molecule has 3 heteroatoms. The summed E-state index contributed by atoms with van der Waals surface area (Å²) < 4.78 is 5.95. The molecule has 1 fully saturated rings. The molecule has 0 N–H and O–H groups in total. The van der Waals surface area contributed by atoms with Crippen molar-refractivity contribution in [1.29, 1.82) is 5.26 Å². The second kappa shape index (κ2) is 8.97. The lowest BCUT2D eigenvalue weighted by Crippen LogP contribution is -2.34. The minimum atomic E-state index is -0.276. The summed E-state index contributed by atoms with van der Waals surface area (Å²) in [4.78, 5) is 2.30. The average molecular weight is 262 g/mol. The van der Waals surface area contributed by atoms with Crippen LogP contribution in [-0.2, 0) is 4.74 Å². The molecule has 106 valence electrons. The second-order valence-corrected chi connectivity index (χ2v) is 5.07. The van der Waals surface area contributed by atoms with E-state index in [1.165, 1.54) is 19.3 Å². The van der Waals surface area contributed by atoms with Crippen molar-refractivity contribution >= 4 is 0 Å².